The molecule has 0 fully saturated rings. The number of nitrogens with one attached hydrogen (secondary N) is 1. The van der Waals surface area contributed by atoms with Crippen molar-refractivity contribution in [3.8, 4) is 0 Å². The molecule has 1 aromatic heterocycles. The standard InChI is InChI=1S/C16H17Cl2NS/c1-10(19-16-12(17)6-4-7-13(16)18)15-9-11-5-2-3-8-14(11)20-15/h4,6-7,9-10,19H,2-3,5,8H2,1H3. The van der Waals surface area contributed by atoms with E-state index in [-0.39, 0.29) is 6.04 Å². The van der Waals surface area contributed by atoms with Crippen LogP contribution in [-0.2, 0) is 12.8 Å². The maximum Gasteiger partial charge on any atom is 0.0723 e. The van der Waals surface area contributed by atoms with Crippen LogP contribution in [0.2, 0.25) is 10.0 Å². The van der Waals surface area contributed by atoms with Crippen molar-refractivity contribution in [1.82, 2.24) is 0 Å². The Balaban J connectivity index is 1.82. The molecule has 0 saturated carbocycles. The number of fused-ring (bicyclic) bond motifs is 1. The lowest BCUT2D eigenvalue weighted by Gasteiger charge is -2.16. The van der Waals surface area contributed by atoms with Crippen molar-refractivity contribution in [2.45, 2.75) is 38.6 Å². The van der Waals surface area contributed by atoms with Crippen molar-refractivity contribution in [2.75, 3.05) is 5.32 Å². The summed E-state index contributed by atoms with van der Waals surface area (Å²) in [7, 11) is 0. The molecule has 2 aromatic rings. The average Bonchev–Trinajstić information content (AvgIpc) is 2.87. The van der Waals surface area contributed by atoms with Gasteiger partial charge in [-0.2, -0.15) is 0 Å². The van der Waals surface area contributed by atoms with Gasteiger partial charge in [-0.05, 0) is 56.4 Å². The summed E-state index contributed by atoms with van der Waals surface area (Å²) in [5.41, 5.74) is 2.37. The van der Waals surface area contributed by atoms with Gasteiger partial charge in [-0.1, -0.05) is 29.3 Å². The Kier molecular flexibility index (Phi) is 4.25. The largest absolute Gasteiger partial charge is 0.375 e. The highest BCUT2D eigenvalue weighted by atomic mass is 35.5. The number of aryl methyl sites for hydroxylation is 2. The van der Waals surface area contributed by atoms with Gasteiger partial charge in [-0.15, -0.1) is 11.3 Å². The lowest BCUT2D eigenvalue weighted by atomic mass is 9.99. The second-order valence-corrected chi connectivity index (χ2v) is 7.25. The van der Waals surface area contributed by atoms with E-state index in [0.29, 0.717) is 10.0 Å². The lowest BCUT2D eigenvalue weighted by Crippen LogP contribution is -2.05. The van der Waals surface area contributed by atoms with Crippen molar-refractivity contribution in [1.29, 1.82) is 0 Å². The van der Waals surface area contributed by atoms with Gasteiger partial charge >= 0.3 is 0 Å². The molecule has 0 spiro atoms. The third-order valence-electron chi connectivity index (χ3n) is 3.77. The lowest BCUT2D eigenvalue weighted by molar-refractivity contribution is 0.696. The minimum absolute atomic E-state index is 0.225. The molecule has 20 heavy (non-hydrogen) atoms. The number of thiophene rings is 1. The van der Waals surface area contributed by atoms with Gasteiger partial charge in [0.15, 0.2) is 0 Å². The number of halogens is 2. The van der Waals surface area contributed by atoms with E-state index >= 15 is 0 Å². The van der Waals surface area contributed by atoms with Crippen molar-refractivity contribution in [2.24, 2.45) is 0 Å². The van der Waals surface area contributed by atoms with Crippen molar-refractivity contribution >= 4 is 40.2 Å². The van der Waals surface area contributed by atoms with E-state index in [1.54, 1.807) is 4.88 Å². The molecule has 1 aliphatic rings. The first-order valence-corrected chi connectivity index (χ1v) is 8.54. The van der Waals surface area contributed by atoms with Crippen LogP contribution in [0, 0.1) is 0 Å². The molecule has 1 aliphatic carbocycles. The third-order valence-corrected chi connectivity index (χ3v) is 5.82. The molecule has 1 nitrogen and oxygen atoms in total. The van der Waals surface area contributed by atoms with E-state index in [9.17, 15) is 0 Å². The molecule has 1 aromatic carbocycles. The van der Waals surface area contributed by atoms with Crippen LogP contribution in [0.3, 0.4) is 0 Å². The Morgan fingerprint density at radius 3 is 2.55 bits per heavy atom. The van der Waals surface area contributed by atoms with E-state index < -0.39 is 0 Å². The SMILES string of the molecule is CC(Nc1c(Cl)cccc1Cl)c1cc2c(s1)CCCC2. The first-order valence-electron chi connectivity index (χ1n) is 6.97. The summed E-state index contributed by atoms with van der Waals surface area (Å²) in [5, 5.41) is 4.79. The Labute approximate surface area is 133 Å². The van der Waals surface area contributed by atoms with Crippen LogP contribution in [-0.4, -0.2) is 0 Å². The highest BCUT2D eigenvalue weighted by molar-refractivity contribution is 7.12. The molecule has 0 saturated heterocycles. The fraction of sp³-hybridized carbons (Fsp3) is 0.375. The summed E-state index contributed by atoms with van der Waals surface area (Å²) >= 11 is 14.4. The minimum Gasteiger partial charge on any atom is -0.375 e. The second kappa shape index (κ2) is 5.97. The van der Waals surface area contributed by atoms with Gasteiger partial charge in [0.2, 0.25) is 0 Å². The van der Waals surface area contributed by atoms with Crippen LogP contribution in [0.15, 0.2) is 24.3 Å². The molecule has 4 heteroatoms. The molecule has 3 rings (SSSR count). The van der Waals surface area contributed by atoms with Gasteiger partial charge < -0.3 is 5.32 Å². The highest BCUT2D eigenvalue weighted by Gasteiger charge is 2.17. The predicted octanol–water partition coefficient (Wildman–Crippen LogP) is 6.11. The van der Waals surface area contributed by atoms with Crippen molar-refractivity contribution in [3.63, 3.8) is 0 Å². The Hall–Kier alpha value is -0.700. The molecule has 0 bridgehead atoms. The molecule has 1 atom stereocenters. The summed E-state index contributed by atoms with van der Waals surface area (Å²) in [5.74, 6) is 0. The second-order valence-electron chi connectivity index (χ2n) is 5.27. The molecular formula is C16H17Cl2NS. The molecule has 0 amide bonds. The van der Waals surface area contributed by atoms with E-state index in [4.69, 9.17) is 23.2 Å². The van der Waals surface area contributed by atoms with E-state index in [1.807, 2.05) is 29.5 Å². The molecule has 1 heterocycles. The number of hydrogen-bond donors (Lipinski definition) is 1. The molecule has 0 aliphatic heterocycles. The van der Waals surface area contributed by atoms with E-state index in [1.165, 1.54) is 36.1 Å². The number of para-hydroxylation sites is 1. The smallest absolute Gasteiger partial charge is 0.0723 e. The van der Waals surface area contributed by atoms with E-state index in [0.717, 1.165) is 5.69 Å². The fourth-order valence-electron chi connectivity index (χ4n) is 2.65. The number of hydrogen-bond acceptors (Lipinski definition) is 2. The van der Waals surface area contributed by atoms with Gasteiger partial charge in [-0.3, -0.25) is 0 Å². The first-order chi connectivity index (χ1) is 9.65. The Bertz CT molecular complexity index is 577. The first kappa shape index (κ1) is 14.2. The van der Waals surface area contributed by atoms with Gasteiger partial charge in [-0.25, -0.2) is 0 Å². The Morgan fingerprint density at radius 2 is 1.85 bits per heavy atom. The number of rotatable bonds is 3. The zero-order chi connectivity index (χ0) is 14.1. The number of benzene rings is 1. The molecule has 1 N–H and O–H groups in total. The highest BCUT2D eigenvalue weighted by Crippen LogP contribution is 2.37. The summed E-state index contributed by atoms with van der Waals surface area (Å²) in [6.07, 6.45) is 5.11. The molecule has 0 radical (unpaired) electrons. The van der Waals surface area contributed by atoms with Crippen LogP contribution < -0.4 is 5.32 Å². The zero-order valence-electron chi connectivity index (χ0n) is 11.4. The summed E-state index contributed by atoms with van der Waals surface area (Å²) in [6, 6.07) is 8.17. The minimum atomic E-state index is 0.225. The predicted molar refractivity (Wildman–Crippen MR) is 89.5 cm³/mol. The monoisotopic (exact) mass is 325 g/mol. The van der Waals surface area contributed by atoms with Gasteiger partial charge in [0.05, 0.1) is 21.8 Å². The topological polar surface area (TPSA) is 12.0 Å². The molecular weight excluding hydrogens is 309 g/mol. The van der Waals surface area contributed by atoms with Crippen LogP contribution in [0.25, 0.3) is 0 Å². The zero-order valence-corrected chi connectivity index (χ0v) is 13.7. The third kappa shape index (κ3) is 2.83. The fourth-order valence-corrected chi connectivity index (χ4v) is 4.42. The van der Waals surface area contributed by atoms with Crippen LogP contribution in [0.5, 0.6) is 0 Å². The number of anilines is 1. The van der Waals surface area contributed by atoms with E-state index in [2.05, 4.69) is 18.3 Å². The van der Waals surface area contributed by atoms with Gasteiger partial charge in [0.25, 0.3) is 0 Å². The quantitative estimate of drug-likeness (QED) is 0.718. The van der Waals surface area contributed by atoms with Crippen LogP contribution >= 0.6 is 34.5 Å². The maximum atomic E-state index is 6.22. The van der Waals surface area contributed by atoms with Gasteiger partial charge in [0.1, 0.15) is 0 Å². The average molecular weight is 326 g/mol. The maximum absolute atomic E-state index is 6.22. The molecule has 1 unspecified atom stereocenters. The summed E-state index contributed by atoms with van der Waals surface area (Å²) in [6.45, 7) is 2.16. The summed E-state index contributed by atoms with van der Waals surface area (Å²) < 4.78 is 0. The normalized spacial score (nSPS) is 15.8. The summed E-state index contributed by atoms with van der Waals surface area (Å²) in [4.78, 5) is 2.93. The van der Waals surface area contributed by atoms with Crippen LogP contribution in [0.1, 0.15) is 41.1 Å². The van der Waals surface area contributed by atoms with Crippen LogP contribution in [0.4, 0.5) is 5.69 Å². The molecule has 106 valence electrons. The van der Waals surface area contributed by atoms with Crippen molar-refractivity contribution in [3.05, 3.63) is 49.6 Å². The van der Waals surface area contributed by atoms with Gasteiger partial charge in [0, 0.05) is 9.75 Å². The Morgan fingerprint density at radius 1 is 1.15 bits per heavy atom. The van der Waals surface area contributed by atoms with Crippen molar-refractivity contribution < 1.29 is 0 Å².